The van der Waals surface area contributed by atoms with Gasteiger partial charge < -0.3 is 5.73 Å². The molecule has 1 heterocycles. The number of pyridine rings is 1. The molecule has 0 unspecified atom stereocenters. The fraction of sp³-hybridized carbons (Fsp3) is 0.333. The molecule has 0 bridgehead atoms. The Labute approximate surface area is 79.9 Å². The van der Waals surface area contributed by atoms with Crippen molar-refractivity contribution in [1.82, 2.24) is 4.98 Å². The molecule has 5 heteroatoms. The van der Waals surface area contributed by atoms with Crippen LogP contribution in [0.1, 0.15) is 33.7 Å². The van der Waals surface area contributed by atoms with E-state index < -0.39 is 6.43 Å². The van der Waals surface area contributed by atoms with Crippen LogP contribution in [-0.4, -0.2) is 11.3 Å². The van der Waals surface area contributed by atoms with Crippen LogP contribution in [0, 0.1) is 6.92 Å². The third kappa shape index (κ3) is 1.93. The first kappa shape index (κ1) is 10.7. The van der Waals surface area contributed by atoms with Gasteiger partial charge in [-0.25, -0.2) is 13.8 Å². The second kappa shape index (κ2) is 4.23. The molecule has 0 fully saturated rings. The van der Waals surface area contributed by atoms with Gasteiger partial charge in [-0.15, -0.1) is 0 Å². The smallest absolute Gasteiger partial charge is 0.280 e. The standard InChI is InChI=1S/C9H10F2N2O/c1-5-2-6(3-12)7(4-14)13-8(5)9(10)11/h2,4,9H,3,12H2,1H3. The second-order valence-electron chi connectivity index (χ2n) is 2.86. The second-order valence-corrected chi connectivity index (χ2v) is 2.86. The highest BCUT2D eigenvalue weighted by Gasteiger charge is 2.15. The Bertz CT molecular complexity index is 353. The molecule has 0 aliphatic heterocycles. The molecule has 1 rings (SSSR count). The van der Waals surface area contributed by atoms with Crippen LogP contribution in [0.5, 0.6) is 0 Å². The van der Waals surface area contributed by atoms with E-state index in [9.17, 15) is 13.6 Å². The van der Waals surface area contributed by atoms with Gasteiger partial charge in [0, 0.05) is 6.54 Å². The molecule has 0 saturated carbocycles. The number of alkyl halides is 2. The molecule has 14 heavy (non-hydrogen) atoms. The summed E-state index contributed by atoms with van der Waals surface area (Å²) in [5, 5.41) is 0. The van der Waals surface area contributed by atoms with E-state index >= 15 is 0 Å². The van der Waals surface area contributed by atoms with Crippen molar-refractivity contribution in [2.45, 2.75) is 19.9 Å². The van der Waals surface area contributed by atoms with E-state index in [0.717, 1.165) is 0 Å². The molecule has 76 valence electrons. The van der Waals surface area contributed by atoms with Crippen molar-refractivity contribution < 1.29 is 13.6 Å². The molecule has 0 aliphatic rings. The number of aryl methyl sites for hydroxylation is 1. The Balaban J connectivity index is 3.30. The van der Waals surface area contributed by atoms with Gasteiger partial charge in [-0.3, -0.25) is 4.79 Å². The molecule has 0 aromatic carbocycles. The zero-order valence-corrected chi connectivity index (χ0v) is 7.63. The summed E-state index contributed by atoms with van der Waals surface area (Å²) in [7, 11) is 0. The summed E-state index contributed by atoms with van der Waals surface area (Å²) in [5.74, 6) is 0. The van der Waals surface area contributed by atoms with Crippen LogP contribution < -0.4 is 5.73 Å². The van der Waals surface area contributed by atoms with E-state index in [4.69, 9.17) is 5.73 Å². The van der Waals surface area contributed by atoms with Gasteiger partial charge in [-0.05, 0) is 18.1 Å². The lowest BCUT2D eigenvalue weighted by Gasteiger charge is -2.07. The first-order valence-corrected chi connectivity index (χ1v) is 4.04. The van der Waals surface area contributed by atoms with Gasteiger partial charge in [-0.1, -0.05) is 6.07 Å². The number of aldehydes is 1. The molecule has 2 N–H and O–H groups in total. The lowest BCUT2D eigenvalue weighted by Crippen LogP contribution is -2.07. The molecule has 0 saturated heterocycles. The predicted molar refractivity (Wildman–Crippen MR) is 47.2 cm³/mol. The van der Waals surface area contributed by atoms with Crippen molar-refractivity contribution in [2.24, 2.45) is 5.73 Å². The normalized spacial score (nSPS) is 10.6. The number of aromatic nitrogens is 1. The quantitative estimate of drug-likeness (QED) is 0.754. The van der Waals surface area contributed by atoms with Crippen LogP contribution >= 0.6 is 0 Å². The SMILES string of the molecule is Cc1cc(CN)c(C=O)nc1C(F)F. The fourth-order valence-corrected chi connectivity index (χ4v) is 1.19. The summed E-state index contributed by atoms with van der Waals surface area (Å²) >= 11 is 0. The van der Waals surface area contributed by atoms with Gasteiger partial charge in [0.2, 0.25) is 0 Å². The van der Waals surface area contributed by atoms with Crippen molar-refractivity contribution in [2.75, 3.05) is 0 Å². The molecule has 3 nitrogen and oxygen atoms in total. The van der Waals surface area contributed by atoms with Crippen molar-refractivity contribution in [3.05, 3.63) is 28.6 Å². The molecular formula is C9H10F2N2O. The minimum absolute atomic E-state index is 0.00611. The summed E-state index contributed by atoms with van der Waals surface area (Å²) in [5.41, 5.74) is 5.81. The van der Waals surface area contributed by atoms with Crippen LogP contribution in [0.25, 0.3) is 0 Å². The third-order valence-electron chi connectivity index (χ3n) is 1.90. The summed E-state index contributed by atoms with van der Waals surface area (Å²) < 4.78 is 24.7. The zero-order valence-electron chi connectivity index (χ0n) is 7.63. The highest BCUT2D eigenvalue weighted by Crippen LogP contribution is 2.21. The molecule has 1 aromatic heterocycles. The third-order valence-corrected chi connectivity index (χ3v) is 1.90. The van der Waals surface area contributed by atoms with Gasteiger partial charge in [-0.2, -0.15) is 0 Å². The van der Waals surface area contributed by atoms with Crippen LogP contribution in [0.15, 0.2) is 6.07 Å². The predicted octanol–water partition coefficient (Wildman–Crippen LogP) is 1.60. The van der Waals surface area contributed by atoms with E-state index in [2.05, 4.69) is 4.98 Å². The monoisotopic (exact) mass is 200 g/mol. The number of nitrogens with two attached hydrogens (primary N) is 1. The molecular weight excluding hydrogens is 190 g/mol. The van der Waals surface area contributed by atoms with Gasteiger partial charge in [0.05, 0.1) is 0 Å². The van der Waals surface area contributed by atoms with Crippen molar-refractivity contribution in [3.8, 4) is 0 Å². The summed E-state index contributed by atoms with van der Waals surface area (Å²) in [6, 6.07) is 1.47. The van der Waals surface area contributed by atoms with Crippen molar-refractivity contribution in [1.29, 1.82) is 0 Å². The highest BCUT2D eigenvalue weighted by molar-refractivity contribution is 5.74. The minimum atomic E-state index is -2.67. The summed E-state index contributed by atoms with van der Waals surface area (Å²) in [6.07, 6.45) is -2.23. The number of nitrogens with zero attached hydrogens (tertiary/aromatic N) is 1. The van der Waals surface area contributed by atoms with Crippen molar-refractivity contribution in [3.63, 3.8) is 0 Å². The van der Waals surface area contributed by atoms with Gasteiger partial charge in [0.1, 0.15) is 11.4 Å². The molecule has 0 amide bonds. The van der Waals surface area contributed by atoms with Crippen LogP contribution in [0.4, 0.5) is 8.78 Å². The maximum atomic E-state index is 12.4. The molecule has 0 spiro atoms. The number of hydrogen-bond acceptors (Lipinski definition) is 3. The Morgan fingerprint density at radius 3 is 2.71 bits per heavy atom. The maximum Gasteiger partial charge on any atom is 0.280 e. The van der Waals surface area contributed by atoms with E-state index in [-0.39, 0.29) is 17.9 Å². The number of hydrogen-bond donors (Lipinski definition) is 1. The zero-order chi connectivity index (χ0) is 10.7. The number of carbonyl (C=O) groups is 1. The highest BCUT2D eigenvalue weighted by atomic mass is 19.3. The van der Waals surface area contributed by atoms with Gasteiger partial charge >= 0.3 is 0 Å². The van der Waals surface area contributed by atoms with E-state index in [1.165, 1.54) is 13.0 Å². The van der Waals surface area contributed by atoms with Crippen LogP contribution in [0.3, 0.4) is 0 Å². The molecule has 0 aliphatic carbocycles. The average Bonchev–Trinajstić information content (AvgIpc) is 2.16. The van der Waals surface area contributed by atoms with Crippen molar-refractivity contribution >= 4 is 6.29 Å². The van der Waals surface area contributed by atoms with E-state index in [0.29, 0.717) is 17.4 Å². The lowest BCUT2D eigenvalue weighted by atomic mass is 10.1. The fourth-order valence-electron chi connectivity index (χ4n) is 1.19. The van der Waals surface area contributed by atoms with E-state index in [1.807, 2.05) is 0 Å². The molecule has 1 aromatic rings. The number of halogens is 2. The first-order valence-electron chi connectivity index (χ1n) is 4.04. The number of carbonyl (C=O) groups excluding carboxylic acids is 1. The topological polar surface area (TPSA) is 56.0 Å². The van der Waals surface area contributed by atoms with Crippen LogP contribution in [0.2, 0.25) is 0 Å². The Kier molecular flexibility index (Phi) is 3.24. The van der Waals surface area contributed by atoms with Gasteiger partial charge in [0.25, 0.3) is 6.43 Å². The Hall–Kier alpha value is -1.36. The average molecular weight is 200 g/mol. The lowest BCUT2D eigenvalue weighted by molar-refractivity contribution is 0.111. The Morgan fingerprint density at radius 1 is 1.64 bits per heavy atom. The van der Waals surface area contributed by atoms with Crippen LogP contribution in [-0.2, 0) is 6.54 Å². The van der Waals surface area contributed by atoms with E-state index in [1.54, 1.807) is 0 Å². The molecule has 0 atom stereocenters. The summed E-state index contributed by atoms with van der Waals surface area (Å²) in [6.45, 7) is 1.63. The molecule has 0 radical (unpaired) electrons. The Morgan fingerprint density at radius 2 is 2.29 bits per heavy atom. The summed E-state index contributed by atoms with van der Waals surface area (Å²) in [4.78, 5) is 14.1. The van der Waals surface area contributed by atoms with Gasteiger partial charge in [0.15, 0.2) is 6.29 Å². The first-order chi connectivity index (χ1) is 6.60. The minimum Gasteiger partial charge on any atom is -0.326 e. The maximum absolute atomic E-state index is 12.4. The largest absolute Gasteiger partial charge is 0.326 e. The number of rotatable bonds is 3.